The molecule has 1 unspecified atom stereocenters. The van der Waals surface area contributed by atoms with E-state index in [4.69, 9.17) is 0 Å². The van der Waals surface area contributed by atoms with Gasteiger partial charge in [-0.3, -0.25) is 9.59 Å². The summed E-state index contributed by atoms with van der Waals surface area (Å²) >= 11 is 1.16. The topological polar surface area (TPSA) is 74.1 Å². The van der Waals surface area contributed by atoms with Crippen LogP contribution < -0.4 is 10.2 Å². The lowest BCUT2D eigenvalue weighted by Gasteiger charge is -2.11. The SMILES string of the molecule is CN(C)c1ccc(/C=N\N=C2/NC(=O)C(CC(=O)c3ccc(F)cc3)S2)cc1. The molecule has 0 spiro atoms. The number of anilines is 1. The van der Waals surface area contributed by atoms with Crippen LogP contribution in [-0.2, 0) is 4.79 Å². The highest BCUT2D eigenvalue weighted by Gasteiger charge is 2.32. The average molecular weight is 398 g/mol. The number of halogens is 1. The predicted molar refractivity (Wildman–Crippen MR) is 111 cm³/mol. The van der Waals surface area contributed by atoms with Crippen LogP contribution in [0, 0.1) is 5.82 Å². The Morgan fingerprint density at radius 3 is 2.50 bits per heavy atom. The third-order valence-corrected chi connectivity index (χ3v) is 5.15. The van der Waals surface area contributed by atoms with Crippen molar-refractivity contribution in [3.05, 3.63) is 65.5 Å². The van der Waals surface area contributed by atoms with Gasteiger partial charge in [-0.2, -0.15) is 5.10 Å². The lowest BCUT2D eigenvalue weighted by atomic mass is 10.1. The van der Waals surface area contributed by atoms with E-state index in [-0.39, 0.29) is 18.1 Å². The molecule has 1 saturated heterocycles. The van der Waals surface area contributed by atoms with Gasteiger partial charge in [-0.05, 0) is 42.0 Å². The number of amides is 1. The number of nitrogens with zero attached hydrogens (tertiary/aromatic N) is 3. The highest BCUT2D eigenvalue weighted by Crippen LogP contribution is 2.24. The van der Waals surface area contributed by atoms with Crippen LogP contribution in [0.4, 0.5) is 10.1 Å². The maximum atomic E-state index is 13.0. The van der Waals surface area contributed by atoms with Gasteiger partial charge in [-0.15, -0.1) is 5.10 Å². The van der Waals surface area contributed by atoms with Crippen LogP contribution >= 0.6 is 11.8 Å². The molecule has 1 heterocycles. The van der Waals surface area contributed by atoms with Gasteiger partial charge in [0.1, 0.15) is 5.82 Å². The fraction of sp³-hybridized carbons (Fsp3) is 0.200. The van der Waals surface area contributed by atoms with Crippen molar-refractivity contribution in [3.63, 3.8) is 0 Å². The number of amidine groups is 1. The smallest absolute Gasteiger partial charge is 0.240 e. The van der Waals surface area contributed by atoms with E-state index in [9.17, 15) is 14.0 Å². The first kappa shape index (κ1) is 19.8. The van der Waals surface area contributed by atoms with Gasteiger partial charge in [0, 0.05) is 31.8 Å². The molecule has 8 heteroatoms. The van der Waals surface area contributed by atoms with Crippen LogP contribution in [0.5, 0.6) is 0 Å². The number of carbonyl (C=O) groups excluding carboxylic acids is 2. The molecule has 1 aliphatic heterocycles. The van der Waals surface area contributed by atoms with E-state index < -0.39 is 11.1 Å². The van der Waals surface area contributed by atoms with Crippen LogP contribution in [0.25, 0.3) is 0 Å². The molecule has 0 aromatic heterocycles. The quantitative estimate of drug-likeness (QED) is 0.461. The summed E-state index contributed by atoms with van der Waals surface area (Å²) in [5.41, 5.74) is 2.34. The summed E-state index contributed by atoms with van der Waals surface area (Å²) in [6.07, 6.45) is 1.60. The summed E-state index contributed by atoms with van der Waals surface area (Å²) in [6.45, 7) is 0. The monoisotopic (exact) mass is 398 g/mol. The third kappa shape index (κ3) is 5.04. The Hall–Kier alpha value is -3.00. The molecule has 3 rings (SSSR count). The van der Waals surface area contributed by atoms with E-state index >= 15 is 0 Å². The number of rotatable bonds is 6. The van der Waals surface area contributed by atoms with Gasteiger partial charge in [0.2, 0.25) is 5.91 Å². The highest BCUT2D eigenvalue weighted by atomic mass is 32.2. The normalized spacial score (nSPS) is 17.9. The fourth-order valence-electron chi connectivity index (χ4n) is 2.52. The standard InChI is InChI=1S/C20H19FN4O2S/c1-25(2)16-9-3-13(4-10-16)12-22-24-20-23-19(27)18(28-20)11-17(26)14-5-7-15(21)8-6-14/h3-10,12,18H,11H2,1-2H3,(H,23,24,27)/b22-12-. The molecule has 0 saturated carbocycles. The van der Waals surface area contributed by atoms with Crippen molar-refractivity contribution in [1.82, 2.24) is 5.32 Å². The molecule has 1 N–H and O–H groups in total. The molecule has 0 radical (unpaired) electrons. The molecule has 1 aliphatic rings. The average Bonchev–Trinajstić information content (AvgIpc) is 3.02. The van der Waals surface area contributed by atoms with Crippen molar-refractivity contribution < 1.29 is 14.0 Å². The number of hydrogen-bond acceptors (Lipinski definition) is 6. The van der Waals surface area contributed by atoms with Crippen molar-refractivity contribution in [1.29, 1.82) is 0 Å². The number of Topliss-reactive ketones (excluding diaryl/α,β-unsaturated/α-hetero) is 1. The number of nitrogens with one attached hydrogen (secondary N) is 1. The number of thioether (sulfide) groups is 1. The minimum Gasteiger partial charge on any atom is -0.378 e. The molecular weight excluding hydrogens is 379 g/mol. The molecule has 144 valence electrons. The third-order valence-electron chi connectivity index (χ3n) is 4.08. The first-order chi connectivity index (χ1) is 13.4. The van der Waals surface area contributed by atoms with Gasteiger partial charge in [0.15, 0.2) is 11.0 Å². The molecule has 0 aliphatic carbocycles. The maximum Gasteiger partial charge on any atom is 0.240 e. The zero-order valence-electron chi connectivity index (χ0n) is 15.4. The van der Waals surface area contributed by atoms with Crippen LogP contribution in [0.3, 0.4) is 0 Å². The number of benzene rings is 2. The molecule has 0 bridgehead atoms. The van der Waals surface area contributed by atoms with Gasteiger partial charge in [-0.25, -0.2) is 4.39 Å². The van der Waals surface area contributed by atoms with Gasteiger partial charge in [-0.1, -0.05) is 23.9 Å². The number of ketones is 1. The Bertz CT molecular complexity index is 924. The zero-order valence-corrected chi connectivity index (χ0v) is 16.2. The van der Waals surface area contributed by atoms with Gasteiger partial charge in [0.25, 0.3) is 0 Å². The van der Waals surface area contributed by atoms with Crippen LogP contribution in [0.1, 0.15) is 22.3 Å². The maximum absolute atomic E-state index is 13.0. The van der Waals surface area contributed by atoms with E-state index in [1.54, 1.807) is 6.21 Å². The summed E-state index contributed by atoms with van der Waals surface area (Å²) < 4.78 is 13.0. The van der Waals surface area contributed by atoms with Gasteiger partial charge < -0.3 is 10.2 Å². The van der Waals surface area contributed by atoms with Crippen molar-refractivity contribution in [3.8, 4) is 0 Å². The second-order valence-corrected chi connectivity index (χ2v) is 7.56. The predicted octanol–water partition coefficient (Wildman–Crippen LogP) is 3.09. The number of carbonyl (C=O) groups is 2. The van der Waals surface area contributed by atoms with Crippen LogP contribution in [0.2, 0.25) is 0 Å². The zero-order chi connectivity index (χ0) is 20.1. The van der Waals surface area contributed by atoms with E-state index in [1.807, 2.05) is 43.3 Å². The molecule has 2 aromatic rings. The summed E-state index contributed by atoms with van der Waals surface area (Å²) in [5, 5.41) is 10.4. The second kappa shape index (κ2) is 8.79. The minimum atomic E-state index is -0.578. The van der Waals surface area contributed by atoms with Gasteiger partial charge >= 0.3 is 0 Å². The Morgan fingerprint density at radius 2 is 1.86 bits per heavy atom. The molecule has 1 amide bonds. The molecule has 2 aromatic carbocycles. The molecule has 28 heavy (non-hydrogen) atoms. The van der Waals surface area contributed by atoms with E-state index in [0.717, 1.165) is 23.0 Å². The van der Waals surface area contributed by atoms with Crippen molar-refractivity contribution in [2.45, 2.75) is 11.7 Å². The van der Waals surface area contributed by atoms with Crippen LogP contribution in [-0.4, -0.2) is 42.4 Å². The van der Waals surface area contributed by atoms with Crippen molar-refractivity contribution in [2.24, 2.45) is 10.2 Å². The Kier molecular flexibility index (Phi) is 6.20. The van der Waals surface area contributed by atoms with Crippen LogP contribution in [0.15, 0.2) is 58.7 Å². The number of hydrogen-bond donors (Lipinski definition) is 1. The first-order valence-electron chi connectivity index (χ1n) is 8.57. The molecular formula is C20H19FN4O2S. The Morgan fingerprint density at radius 1 is 1.18 bits per heavy atom. The highest BCUT2D eigenvalue weighted by molar-refractivity contribution is 8.15. The largest absolute Gasteiger partial charge is 0.378 e. The molecule has 1 fully saturated rings. The molecule has 6 nitrogen and oxygen atoms in total. The summed E-state index contributed by atoms with van der Waals surface area (Å²) in [6, 6.07) is 13.1. The first-order valence-corrected chi connectivity index (χ1v) is 9.45. The Balaban J connectivity index is 1.58. The van der Waals surface area contributed by atoms with E-state index in [0.29, 0.717) is 10.7 Å². The fourth-order valence-corrected chi connectivity index (χ4v) is 3.44. The van der Waals surface area contributed by atoms with Crippen molar-refractivity contribution in [2.75, 3.05) is 19.0 Å². The lowest BCUT2D eigenvalue weighted by Crippen LogP contribution is -2.26. The molecule has 1 atom stereocenters. The second-order valence-electron chi connectivity index (χ2n) is 6.37. The summed E-state index contributed by atoms with van der Waals surface area (Å²) in [7, 11) is 3.93. The summed E-state index contributed by atoms with van der Waals surface area (Å²) in [5.74, 6) is -0.920. The summed E-state index contributed by atoms with van der Waals surface area (Å²) in [4.78, 5) is 26.3. The Labute approximate surface area is 166 Å². The lowest BCUT2D eigenvalue weighted by molar-refractivity contribution is -0.118. The van der Waals surface area contributed by atoms with E-state index in [1.165, 1.54) is 24.3 Å². The van der Waals surface area contributed by atoms with Crippen molar-refractivity contribution >= 4 is 40.5 Å². The van der Waals surface area contributed by atoms with E-state index in [2.05, 4.69) is 15.5 Å². The minimum absolute atomic E-state index is 0.0108. The van der Waals surface area contributed by atoms with Gasteiger partial charge in [0.05, 0.1) is 11.5 Å².